The van der Waals surface area contributed by atoms with Crippen LogP contribution < -0.4 is 10.1 Å². The fourth-order valence-corrected chi connectivity index (χ4v) is 5.98. The number of nitrogens with zero attached hydrogens (tertiary/aromatic N) is 3. The standard InChI is InChI=1S/C33H32Cl2FN5O9/c1-17(31-23(34)15-37-16-24(31)35)49-21-4-5-26-22(9-21)27(41-40-26)10-25(36)18-2-3-20(38-13-18)14-39-19-6-7-48-30(8-19)50-29(44)12-33(47,32(45)46)11-28(42)43/h2-5,9-10,13,15-17,19,30,39,47H,6-8,11-12,14H2,1H3,(H,40,41)(H,42,43)(H,45,46)/b25-10-/t17-,19?,30?,33?/m1/s1. The van der Waals surface area contributed by atoms with Gasteiger partial charge in [0.15, 0.2) is 5.60 Å². The number of aromatic amines is 1. The first-order valence-electron chi connectivity index (χ1n) is 15.3. The van der Waals surface area contributed by atoms with E-state index in [1.807, 2.05) is 0 Å². The van der Waals surface area contributed by atoms with Gasteiger partial charge in [0.2, 0.25) is 6.29 Å². The minimum atomic E-state index is -2.81. The molecule has 17 heteroatoms. The van der Waals surface area contributed by atoms with Gasteiger partial charge in [-0.25, -0.2) is 9.18 Å². The number of aromatic nitrogens is 4. The average Bonchev–Trinajstić information content (AvgIpc) is 3.45. The molecule has 1 aliphatic rings. The lowest BCUT2D eigenvalue weighted by Gasteiger charge is -2.30. The second-order valence-electron chi connectivity index (χ2n) is 11.6. The molecule has 50 heavy (non-hydrogen) atoms. The van der Waals surface area contributed by atoms with Gasteiger partial charge in [0.1, 0.15) is 17.7 Å². The third-order valence-electron chi connectivity index (χ3n) is 7.90. The van der Waals surface area contributed by atoms with Gasteiger partial charge in [0.05, 0.1) is 46.4 Å². The monoisotopic (exact) mass is 731 g/mol. The molecule has 0 bridgehead atoms. The third kappa shape index (κ3) is 9.11. The zero-order valence-electron chi connectivity index (χ0n) is 26.4. The number of carboxylic acid groups (broad SMARTS) is 2. The van der Waals surface area contributed by atoms with E-state index >= 15 is 4.39 Å². The number of hydrogen-bond donors (Lipinski definition) is 5. The summed E-state index contributed by atoms with van der Waals surface area (Å²) in [6, 6.07) is 8.29. The Morgan fingerprint density at radius 2 is 1.92 bits per heavy atom. The molecule has 5 rings (SSSR count). The Labute approximate surface area is 294 Å². The van der Waals surface area contributed by atoms with Gasteiger partial charge < -0.3 is 34.8 Å². The summed E-state index contributed by atoms with van der Waals surface area (Å²) in [5.41, 5.74) is -0.340. The van der Waals surface area contributed by atoms with Crippen LogP contribution >= 0.6 is 23.2 Å². The third-order valence-corrected chi connectivity index (χ3v) is 8.50. The summed E-state index contributed by atoms with van der Waals surface area (Å²) >= 11 is 12.5. The topological polar surface area (TPSA) is 206 Å². The first kappa shape index (κ1) is 36.6. The number of carbonyl (C=O) groups is 3. The lowest BCUT2D eigenvalue weighted by atomic mass is 9.96. The normalized spacial score (nSPS) is 18.3. The smallest absolute Gasteiger partial charge is 0.336 e. The fraction of sp³-hybridized carbons (Fsp3) is 0.333. The summed E-state index contributed by atoms with van der Waals surface area (Å²) in [5, 5.41) is 39.9. The number of hydrogen-bond acceptors (Lipinski definition) is 11. The maximum Gasteiger partial charge on any atom is 0.336 e. The highest BCUT2D eigenvalue weighted by Gasteiger charge is 2.42. The number of H-pyrrole nitrogens is 1. The largest absolute Gasteiger partial charge is 0.486 e. The number of esters is 1. The number of rotatable bonds is 14. The molecule has 0 saturated carbocycles. The number of ether oxygens (including phenoxy) is 3. The number of benzene rings is 1. The predicted molar refractivity (Wildman–Crippen MR) is 178 cm³/mol. The number of carbonyl (C=O) groups excluding carboxylic acids is 1. The molecule has 4 aromatic rings. The van der Waals surface area contributed by atoms with Crippen molar-refractivity contribution in [1.82, 2.24) is 25.5 Å². The first-order chi connectivity index (χ1) is 23.8. The second kappa shape index (κ2) is 15.9. The maximum atomic E-state index is 15.4. The maximum absolute atomic E-state index is 15.4. The van der Waals surface area contributed by atoms with Crippen molar-refractivity contribution in [2.24, 2.45) is 0 Å². The van der Waals surface area contributed by atoms with Crippen LogP contribution in [0, 0.1) is 0 Å². The van der Waals surface area contributed by atoms with E-state index in [-0.39, 0.29) is 24.6 Å². The van der Waals surface area contributed by atoms with Crippen LogP contribution in [0.2, 0.25) is 10.0 Å². The summed E-state index contributed by atoms with van der Waals surface area (Å²) in [5.74, 6) is -4.60. The van der Waals surface area contributed by atoms with Gasteiger partial charge in [-0.1, -0.05) is 23.2 Å². The average molecular weight is 733 g/mol. The molecule has 0 amide bonds. The quantitative estimate of drug-likeness (QED) is 0.107. The number of fused-ring (bicyclic) bond motifs is 1. The first-order valence-corrected chi connectivity index (χ1v) is 16.0. The minimum absolute atomic E-state index is 0.179. The molecule has 0 aliphatic carbocycles. The Balaban J connectivity index is 1.16. The van der Waals surface area contributed by atoms with Gasteiger partial charge in [0.25, 0.3) is 0 Å². The molecule has 0 spiro atoms. The number of aliphatic carboxylic acids is 2. The summed E-state index contributed by atoms with van der Waals surface area (Å²) in [7, 11) is 0. The van der Waals surface area contributed by atoms with Gasteiger partial charge in [-0.3, -0.25) is 24.7 Å². The highest BCUT2D eigenvalue weighted by Crippen LogP contribution is 2.34. The van der Waals surface area contributed by atoms with Crippen LogP contribution in [0.3, 0.4) is 0 Å². The van der Waals surface area contributed by atoms with Crippen molar-refractivity contribution >= 4 is 63.9 Å². The molecule has 3 aromatic heterocycles. The molecule has 14 nitrogen and oxygen atoms in total. The van der Waals surface area contributed by atoms with E-state index in [9.17, 15) is 19.5 Å². The molecular formula is C33H32Cl2FN5O9. The molecule has 1 aromatic carbocycles. The Kier molecular flexibility index (Phi) is 11.6. The lowest BCUT2D eigenvalue weighted by Crippen LogP contribution is -2.45. The number of nitrogens with one attached hydrogen (secondary N) is 2. The molecule has 1 saturated heterocycles. The molecule has 5 N–H and O–H groups in total. The van der Waals surface area contributed by atoms with E-state index in [0.29, 0.717) is 56.6 Å². The van der Waals surface area contributed by atoms with Crippen molar-refractivity contribution in [1.29, 1.82) is 0 Å². The summed E-state index contributed by atoms with van der Waals surface area (Å²) in [4.78, 5) is 42.8. The Morgan fingerprint density at radius 3 is 2.60 bits per heavy atom. The molecule has 3 unspecified atom stereocenters. The zero-order valence-corrected chi connectivity index (χ0v) is 27.9. The van der Waals surface area contributed by atoms with Crippen LogP contribution in [-0.4, -0.2) is 77.9 Å². The van der Waals surface area contributed by atoms with Gasteiger partial charge in [-0.15, -0.1) is 0 Å². The van der Waals surface area contributed by atoms with E-state index in [4.69, 9.17) is 47.6 Å². The van der Waals surface area contributed by atoms with Gasteiger partial charge >= 0.3 is 17.9 Å². The van der Waals surface area contributed by atoms with E-state index in [0.717, 1.165) is 0 Å². The van der Waals surface area contributed by atoms with Gasteiger partial charge in [-0.05, 0) is 43.7 Å². The number of pyridine rings is 2. The Bertz CT molecular complexity index is 1890. The fourth-order valence-electron chi connectivity index (χ4n) is 5.31. The molecule has 1 aliphatic heterocycles. The number of halogens is 3. The Hall–Kier alpha value is -4.67. The number of aliphatic hydroxyl groups is 1. The van der Waals surface area contributed by atoms with Crippen LogP contribution in [0.25, 0.3) is 22.8 Å². The van der Waals surface area contributed by atoms with Crippen LogP contribution in [0.4, 0.5) is 4.39 Å². The van der Waals surface area contributed by atoms with E-state index in [2.05, 4.69) is 25.5 Å². The molecule has 0 radical (unpaired) electrons. The SMILES string of the molecule is C[C@@H](Oc1ccc2n[nH]c(/C=C(\F)c3ccc(CNC4CCOC(OC(=O)CC(O)(CC(=O)O)C(=O)O)C4)nc3)c2c1)c1c(Cl)cncc1Cl. The van der Waals surface area contributed by atoms with Crippen LogP contribution in [0.1, 0.15) is 61.2 Å². The van der Waals surface area contributed by atoms with E-state index in [1.54, 1.807) is 37.3 Å². The van der Waals surface area contributed by atoms with Gasteiger partial charge in [0, 0.05) is 60.2 Å². The van der Waals surface area contributed by atoms with Crippen LogP contribution in [0.15, 0.2) is 48.9 Å². The predicted octanol–water partition coefficient (Wildman–Crippen LogP) is 5.09. The van der Waals surface area contributed by atoms with Crippen molar-refractivity contribution in [3.05, 3.63) is 81.5 Å². The van der Waals surface area contributed by atoms with Crippen molar-refractivity contribution in [3.63, 3.8) is 0 Å². The highest BCUT2D eigenvalue weighted by molar-refractivity contribution is 6.35. The molecular weight excluding hydrogens is 700 g/mol. The minimum Gasteiger partial charge on any atom is -0.486 e. The molecule has 4 atom stereocenters. The molecule has 1 fully saturated rings. The van der Waals surface area contributed by atoms with Crippen LogP contribution in [-0.2, 0) is 30.4 Å². The summed E-state index contributed by atoms with van der Waals surface area (Å²) in [6.07, 6.45) is 2.71. The molecule has 4 heterocycles. The van der Waals surface area contributed by atoms with E-state index < -0.39 is 54.6 Å². The van der Waals surface area contributed by atoms with Gasteiger partial charge in [-0.2, -0.15) is 5.10 Å². The molecule has 264 valence electrons. The summed E-state index contributed by atoms with van der Waals surface area (Å²) < 4.78 is 32.0. The van der Waals surface area contributed by atoms with E-state index in [1.165, 1.54) is 24.7 Å². The highest BCUT2D eigenvalue weighted by atomic mass is 35.5. The van der Waals surface area contributed by atoms with Crippen LogP contribution in [0.5, 0.6) is 5.75 Å². The van der Waals surface area contributed by atoms with Crippen molar-refractivity contribution in [3.8, 4) is 5.75 Å². The second-order valence-corrected chi connectivity index (χ2v) is 12.4. The van der Waals surface area contributed by atoms with Crippen molar-refractivity contribution in [2.45, 2.75) is 63.2 Å². The van der Waals surface area contributed by atoms with Crippen molar-refractivity contribution < 1.29 is 48.3 Å². The zero-order chi connectivity index (χ0) is 36.0. The lowest BCUT2D eigenvalue weighted by molar-refractivity contribution is -0.196. The number of carboxylic acids is 2. The summed E-state index contributed by atoms with van der Waals surface area (Å²) in [6.45, 7) is 2.33. The van der Waals surface area contributed by atoms with Crippen molar-refractivity contribution in [2.75, 3.05) is 6.61 Å². The Morgan fingerprint density at radius 1 is 1.16 bits per heavy atom.